The van der Waals surface area contributed by atoms with Crippen LogP contribution in [0.15, 0.2) is 83.3 Å². The van der Waals surface area contributed by atoms with E-state index in [1.165, 1.54) is 4.90 Å². The lowest BCUT2D eigenvalue weighted by Crippen LogP contribution is -2.48. The maximum Gasteiger partial charge on any atom is 0.240 e. The van der Waals surface area contributed by atoms with Crippen molar-refractivity contribution in [3.8, 4) is 0 Å². The molecular formula is C27H18BrClN2O3. The van der Waals surface area contributed by atoms with Crippen LogP contribution in [0.1, 0.15) is 15.9 Å². The second-order valence-electron chi connectivity index (χ2n) is 8.68. The third-order valence-electron chi connectivity index (χ3n) is 6.88. The molecule has 168 valence electrons. The predicted octanol–water partition coefficient (Wildman–Crippen LogP) is 5.38. The fourth-order valence-corrected chi connectivity index (χ4v) is 5.91. The van der Waals surface area contributed by atoms with Crippen LogP contribution in [0.4, 0.5) is 11.4 Å². The maximum atomic E-state index is 13.9. The minimum absolute atomic E-state index is 0.183. The molecule has 6 rings (SSSR count). The van der Waals surface area contributed by atoms with Gasteiger partial charge in [-0.3, -0.25) is 14.4 Å². The van der Waals surface area contributed by atoms with Crippen molar-refractivity contribution >= 4 is 62.6 Å². The third-order valence-corrected chi connectivity index (χ3v) is 7.64. The summed E-state index contributed by atoms with van der Waals surface area (Å²) in [5, 5.41) is 0.583. The van der Waals surface area contributed by atoms with E-state index in [4.69, 9.17) is 11.6 Å². The number of hydrogen-bond acceptors (Lipinski definition) is 4. The number of para-hydroxylation sites is 1. The minimum atomic E-state index is -0.814. The molecule has 5 nitrogen and oxygen atoms in total. The second-order valence-corrected chi connectivity index (χ2v) is 10.0. The van der Waals surface area contributed by atoms with E-state index < -0.39 is 23.9 Å². The topological polar surface area (TPSA) is 57.7 Å². The Hall–Kier alpha value is -3.22. The number of rotatable bonds is 3. The lowest BCUT2D eigenvalue weighted by molar-refractivity contribution is -0.122. The Morgan fingerprint density at radius 1 is 0.882 bits per heavy atom. The van der Waals surface area contributed by atoms with Gasteiger partial charge in [0.1, 0.15) is 6.04 Å². The smallest absolute Gasteiger partial charge is 0.240 e. The lowest BCUT2D eigenvalue weighted by Gasteiger charge is -2.36. The number of anilines is 2. The van der Waals surface area contributed by atoms with Crippen LogP contribution in [0.2, 0.25) is 5.02 Å². The summed E-state index contributed by atoms with van der Waals surface area (Å²) >= 11 is 9.63. The molecule has 2 saturated heterocycles. The molecule has 3 aromatic rings. The molecule has 2 fully saturated rings. The molecule has 0 N–H and O–H groups in total. The Labute approximate surface area is 209 Å². The van der Waals surface area contributed by atoms with Crippen LogP contribution in [-0.2, 0) is 9.59 Å². The standard InChI is InChI=1S/C27H18BrClN2O3/c28-17-9-6-15(7-10-17)25(32)24-23-22(26(33)30(27(23)34)19-4-2-1-3-5-19)21-12-8-16-14-18(29)11-13-20(16)31(21)24/h1-14,21-24H/t21-,22+,23+,24-/m0/s1. The molecule has 2 amide bonds. The van der Waals surface area contributed by atoms with Crippen LogP contribution < -0.4 is 9.80 Å². The highest BCUT2D eigenvalue weighted by atomic mass is 79.9. The summed E-state index contributed by atoms with van der Waals surface area (Å²) in [6.07, 6.45) is 3.85. The number of benzene rings is 3. The molecule has 0 bridgehead atoms. The quantitative estimate of drug-likeness (QED) is 0.335. The molecule has 3 aliphatic heterocycles. The van der Waals surface area contributed by atoms with Gasteiger partial charge in [0.15, 0.2) is 5.78 Å². The van der Waals surface area contributed by atoms with Gasteiger partial charge in [0.05, 0.1) is 23.6 Å². The largest absolute Gasteiger partial charge is 0.352 e. The van der Waals surface area contributed by atoms with Crippen molar-refractivity contribution in [1.82, 2.24) is 0 Å². The van der Waals surface area contributed by atoms with Crippen LogP contribution in [-0.4, -0.2) is 29.7 Å². The first kappa shape index (κ1) is 21.3. The number of hydrogen-bond donors (Lipinski definition) is 0. The van der Waals surface area contributed by atoms with Gasteiger partial charge in [-0.15, -0.1) is 0 Å². The summed E-state index contributed by atoms with van der Waals surface area (Å²) in [5.74, 6) is -2.24. The number of ketones is 1. The summed E-state index contributed by atoms with van der Waals surface area (Å²) in [5.41, 5.74) is 2.68. The molecule has 34 heavy (non-hydrogen) atoms. The van der Waals surface area contributed by atoms with Crippen molar-refractivity contribution in [2.45, 2.75) is 12.1 Å². The summed E-state index contributed by atoms with van der Waals surface area (Å²) < 4.78 is 0.856. The molecular weight excluding hydrogens is 516 g/mol. The number of nitrogens with zero attached hydrogens (tertiary/aromatic N) is 2. The Morgan fingerprint density at radius 2 is 1.59 bits per heavy atom. The van der Waals surface area contributed by atoms with Crippen LogP contribution in [0.5, 0.6) is 0 Å². The first-order valence-electron chi connectivity index (χ1n) is 10.9. The maximum absolute atomic E-state index is 13.9. The first-order valence-corrected chi connectivity index (χ1v) is 12.1. The Bertz CT molecular complexity index is 1370. The molecule has 0 aromatic heterocycles. The van der Waals surface area contributed by atoms with Crippen molar-refractivity contribution in [1.29, 1.82) is 0 Å². The van der Waals surface area contributed by atoms with Crippen molar-refractivity contribution in [2.24, 2.45) is 11.8 Å². The van der Waals surface area contributed by atoms with Gasteiger partial charge in [0.2, 0.25) is 11.8 Å². The molecule has 0 unspecified atom stereocenters. The highest BCUT2D eigenvalue weighted by Gasteiger charge is 2.64. The van der Waals surface area contributed by atoms with E-state index in [9.17, 15) is 14.4 Å². The number of Topliss-reactive ketones (excluding diaryl/α,β-unsaturated/α-hetero) is 1. The summed E-state index contributed by atoms with van der Waals surface area (Å²) in [4.78, 5) is 44.6. The zero-order valence-electron chi connectivity index (χ0n) is 17.8. The van der Waals surface area contributed by atoms with Crippen LogP contribution in [0.25, 0.3) is 6.08 Å². The van der Waals surface area contributed by atoms with Crippen LogP contribution in [0.3, 0.4) is 0 Å². The molecule has 3 aromatic carbocycles. The fourth-order valence-electron chi connectivity index (χ4n) is 5.46. The Morgan fingerprint density at radius 3 is 2.32 bits per heavy atom. The van der Waals surface area contributed by atoms with E-state index in [2.05, 4.69) is 15.9 Å². The second kappa shape index (κ2) is 7.93. The van der Waals surface area contributed by atoms with E-state index in [-0.39, 0.29) is 17.6 Å². The molecule has 3 heterocycles. The van der Waals surface area contributed by atoms with Gasteiger partial charge in [-0.05, 0) is 48.0 Å². The molecule has 3 aliphatic rings. The number of fused-ring (bicyclic) bond motifs is 5. The van der Waals surface area contributed by atoms with Gasteiger partial charge in [0.25, 0.3) is 0 Å². The lowest BCUT2D eigenvalue weighted by atomic mass is 9.86. The first-order chi connectivity index (χ1) is 16.5. The number of amides is 2. The van der Waals surface area contributed by atoms with Crippen LogP contribution >= 0.6 is 27.5 Å². The van der Waals surface area contributed by atoms with Crippen molar-refractivity contribution < 1.29 is 14.4 Å². The Balaban J connectivity index is 1.50. The van der Waals surface area contributed by atoms with E-state index in [0.717, 1.165) is 15.7 Å². The fraction of sp³-hybridized carbons (Fsp3) is 0.148. The molecule has 4 atom stereocenters. The van der Waals surface area contributed by atoms with Crippen molar-refractivity contribution in [2.75, 3.05) is 9.80 Å². The van der Waals surface area contributed by atoms with Gasteiger partial charge >= 0.3 is 0 Å². The minimum Gasteiger partial charge on any atom is -0.352 e. The number of carbonyl (C=O) groups excluding carboxylic acids is 3. The van der Waals surface area contributed by atoms with Crippen molar-refractivity contribution in [3.05, 3.63) is 99.5 Å². The van der Waals surface area contributed by atoms with Gasteiger partial charge in [0, 0.05) is 20.7 Å². The third kappa shape index (κ3) is 3.09. The van der Waals surface area contributed by atoms with Gasteiger partial charge in [-0.2, -0.15) is 0 Å². The van der Waals surface area contributed by atoms with E-state index in [1.54, 1.807) is 54.6 Å². The summed E-state index contributed by atoms with van der Waals surface area (Å²) in [7, 11) is 0. The van der Waals surface area contributed by atoms with Crippen molar-refractivity contribution in [3.63, 3.8) is 0 Å². The Kier molecular flexibility index (Phi) is 4.97. The number of halogens is 2. The van der Waals surface area contributed by atoms with E-state index in [0.29, 0.717) is 16.3 Å². The molecule has 0 saturated carbocycles. The summed E-state index contributed by atoms with van der Waals surface area (Å²) in [6, 6.07) is 20.2. The molecule has 0 radical (unpaired) electrons. The zero-order chi connectivity index (χ0) is 23.6. The SMILES string of the molecule is O=C(c1ccc(Br)cc1)[C@@H]1[C@@H]2C(=O)N(c3ccccc3)C(=O)[C@@H]2[C@@H]2C=Cc3cc(Cl)ccc3N12. The predicted molar refractivity (Wildman–Crippen MR) is 135 cm³/mol. The average molecular weight is 534 g/mol. The normalized spacial score (nSPS) is 24.8. The molecule has 7 heteroatoms. The summed E-state index contributed by atoms with van der Waals surface area (Å²) in [6.45, 7) is 0. The van der Waals surface area contributed by atoms with Crippen LogP contribution in [0, 0.1) is 11.8 Å². The van der Waals surface area contributed by atoms with E-state index in [1.807, 2.05) is 35.3 Å². The number of carbonyl (C=O) groups is 3. The number of imide groups is 1. The monoisotopic (exact) mass is 532 g/mol. The van der Waals surface area contributed by atoms with Gasteiger partial charge in [-0.25, -0.2) is 4.90 Å². The van der Waals surface area contributed by atoms with E-state index >= 15 is 0 Å². The molecule has 0 spiro atoms. The zero-order valence-corrected chi connectivity index (χ0v) is 20.1. The van der Waals surface area contributed by atoms with Gasteiger partial charge < -0.3 is 4.90 Å². The van der Waals surface area contributed by atoms with Gasteiger partial charge in [-0.1, -0.05) is 70.0 Å². The average Bonchev–Trinajstić information content (AvgIpc) is 3.32. The highest BCUT2D eigenvalue weighted by Crippen LogP contribution is 2.50. The molecule has 0 aliphatic carbocycles. The highest BCUT2D eigenvalue weighted by molar-refractivity contribution is 9.10.